The van der Waals surface area contributed by atoms with Crippen LogP contribution in [0.1, 0.15) is 5.89 Å². The molecule has 0 atom stereocenters. The number of hydrogen-bond donors (Lipinski definition) is 1. The highest BCUT2D eigenvalue weighted by Crippen LogP contribution is 2.28. The fourth-order valence-corrected chi connectivity index (χ4v) is 3.87. The molecule has 0 aliphatic heterocycles. The molecule has 132 valence electrons. The van der Waals surface area contributed by atoms with Crippen LogP contribution in [0.4, 0.5) is 0 Å². The van der Waals surface area contributed by atoms with Gasteiger partial charge in [-0.2, -0.15) is 4.98 Å². The van der Waals surface area contributed by atoms with E-state index in [4.69, 9.17) is 14.0 Å². The van der Waals surface area contributed by atoms with E-state index in [1.807, 2.05) is 17.5 Å². The second-order valence-electron chi connectivity index (χ2n) is 4.83. The number of hydrogen-bond acceptors (Lipinski definition) is 8. The summed E-state index contributed by atoms with van der Waals surface area (Å²) >= 11 is 1.46. The van der Waals surface area contributed by atoms with Gasteiger partial charge in [-0.15, -0.1) is 11.3 Å². The quantitative estimate of drug-likeness (QED) is 0.669. The lowest BCUT2D eigenvalue weighted by Crippen LogP contribution is -2.24. The summed E-state index contributed by atoms with van der Waals surface area (Å²) in [5, 5.41) is 5.73. The summed E-state index contributed by atoms with van der Waals surface area (Å²) in [6.45, 7) is -0.138. The Morgan fingerprint density at radius 1 is 1.24 bits per heavy atom. The van der Waals surface area contributed by atoms with Gasteiger partial charge in [0.25, 0.3) is 0 Å². The number of aromatic nitrogens is 2. The second-order valence-corrected chi connectivity index (χ2v) is 7.51. The van der Waals surface area contributed by atoms with Gasteiger partial charge < -0.3 is 14.0 Å². The van der Waals surface area contributed by atoms with E-state index in [0.29, 0.717) is 11.6 Å². The molecule has 0 radical (unpaired) electrons. The van der Waals surface area contributed by atoms with E-state index in [1.54, 1.807) is 6.07 Å². The lowest BCUT2D eigenvalue weighted by molar-refractivity contribution is 0.375. The van der Waals surface area contributed by atoms with Crippen LogP contribution in [0.3, 0.4) is 0 Å². The molecule has 2 aromatic heterocycles. The molecule has 8 nitrogen and oxygen atoms in total. The summed E-state index contributed by atoms with van der Waals surface area (Å²) in [5.41, 5.74) is 0. The van der Waals surface area contributed by atoms with Crippen molar-refractivity contribution in [1.29, 1.82) is 0 Å². The van der Waals surface area contributed by atoms with Crippen LogP contribution in [0, 0.1) is 0 Å². The summed E-state index contributed by atoms with van der Waals surface area (Å²) in [5.74, 6) is 1.19. The Balaban J connectivity index is 1.78. The van der Waals surface area contributed by atoms with E-state index < -0.39 is 10.0 Å². The largest absolute Gasteiger partial charge is 0.497 e. The third-order valence-electron chi connectivity index (χ3n) is 3.28. The predicted molar refractivity (Wildman–Crippen MR) is 91.2 cm³/mol. The van der Waals surface area contributed by atoms with Crippen LogP contribution in [0.2, 0.25) is 0 Å². The Kier molecular flexibility index (Phi) is 5.02. The molecular formula is C15H15N3O5S2. The van der Waals surface area contributed by atoms with E-state index in [1.165, 1.54) is 37.7 Å². The van der Waals surface area contributed by atoms with Crippen LogP contribution in [0.15, 0.2) is 45.1 Å². The van der Waals surface area contributed by atoms with Crippen LogP contribution in [0.25, 0.3) is 10.7 Å². The fourth-order valence-electron chi connectivity index (χ4n) is 2.06. The SMILES string of the molecule is COc1ccc(OC)c(S(=O)(=O)NCc2nc(-c3cccs3)no2)c1. The van der Waals surface area contributed by atoms with E-state index in [0.717, 1.165) is 4.88 Å². The van der Waals surface area contributed by atoms with Crippen molar-refractivity contribution in [3.05, 3.63) is 41.6 Å². The fraction of sp³-hybridized carbons (Fsp3) is 0.200. The number of benzene rings is 1. The zero-order chi connectivity index (χ0) is 17.9. The van der Waals surface area contributed by atoms with Gasteiger partial charge in [0.05, 0.1) is 25.6 Å². The van der Waals surface area contributed by atoms with Crippen LogP contribution in [0.5, 0.6) is 11.5 Å². The Morgan fingerprint density at radius 2 is 2.08 bits per heavy atom. The first-order chi connectivity index (χ1) is 12.0. The monoisotopic (exact) mass is 381 g/mol. The van der Waals surface area contributed by atoms with Crippen LogP contribution in [-0.2, 0) is 16.6 Å². The van der Waals surface area contributed by atoms with Gasteiger partial charge in [-0.1, -0.05) is 11.2 Å². The van der Waals surface area contributed by atoms with Gasteiger partial charge in [-0.05, 0) is 23.6 Å². The predicted octanol–water partition coefficient (Wildman–Crippen LogP) is 2.29. The topological polar surface area (TPSA) is 104 Å². The number of methoxy groups -OCH3 is 2. The molecule has 0 amide bonds. The lowest BCUT2D eigenvalue weighted by atomic mass is 10.3. The summed E-state index contributed by atoms with van der Waals surface area (Å²) in [6, 6.07) is 8.24. The molecule has 0 spiro atoms. The van der Waals surface area contributed by atoms with Crippen molar-refractivity contribution in [2.75, 3.05) is 14.2 Å². The van der Waals surface area contributed by atoms with Gasteiger partial charge in [0.1, 0.15) is 16.4 Å². The number of rotatable bonds is 7. The zero-order valence-electron chi connectivity index (χ0n) is 13.4. The third kappa shape index (κ3) is 3.81. The molecule has 25 heavy (non-hydrogen) atoms. The van der Waals surface area contributed by atoms with Gasteiger partial charge in [-0.25, -0.2) is 13.1 Å². The van der Waals surface area contributed by atoms with E-state index in [-0.39, 0.29) is 23.1 Å². The maximum Gasteiger partial charge on any atom is 0.244 e. The van der Waals surface area contributed by atoms with Gasteiger partial charge >= 0.3 is 0 Å². The normalized spacial score (nSPS) is 11.4. The molecule has 3 aromatic rings. The maximum absolute atomic E-state index is 12.6. The van der Waals surface area contributed by atoms with Crippen molar-refractivity contribution >= 4 is 21.4 Å². The van der Waals surface area contributed by atoms with Gasteiger partial charge in [0.15, 0.2) is 0 Å². The molecule has 2 heterocycles. The average Bonchev–Trinajstić information content (AvgIpc) is 3.30. The minimum Gasteiger partial charge on any atom is -0.497 e. The highest BCUT2D eigenvalue weighted by atomic mass is 32.2. The maximum atomic E-state index is 12.6. The molecular weight excluding hydrogens is 366 g/mol. The summed E-state index contributed by atoms with van der Waals surface area (Å²) in [7, 11) is -1.01. The van der Waals surface area contributed by atoms with E-state index >= 15 is 0 Å². The van der Waals surface area contributed by atoms with Crippen molar-refractivity contribution in [2.24, 2.45) is 0 Å². The molecule has 0 unspecified atom stereocenters. The van der Waals surface area contributed by atoms with Crippen molar-refractivity contribution < 1.29 is 22.4 Å². The molecule has 0 aliphatic carbocycles. The average molecular weight is 381 g/mol. The summed E-state index contributed by atoms with van der Waals surface area (Å²) in [4.78, 5) is 4.98. The number of thiophene rings is 1. The van der Waals surface area contributed by atoms with Crippen molar-refractivity contribution in [1.82, 2.24) is 14.9 Å². The Hall–Kier alpha value is -2.43. The molecule has 0 aliphatic rings. The minimum atomic E-state index is -3.86. The van der Waals surface area contributed by atoms with Crippen LogP contribution < -0.4 is 14.2 Å². The highest BCUT2D eigenvalue weighted by Gasteiger charge is 2.21. The second kappa shape index (κ2) is 7.21. The minimum absolute atomic E-state index is 0.0349. The molecule has 10 heteroatoms. The van der Waals surface area contributed by atoms with Gasteiger partial charge in [-0.3, -0.25) is 0 Å². The molecule has 0 saturated carbocycles. The first kappa shape index (κ1) is 17.4. The number of nitrogens with zero attached hydrogens (tertiary/aromatic N) is 2. The highest BCUT2D eigenvalue weighted by molar-refractivity contribution is 7.89. The van der Waals surface area contributed by atoms with Gasteiger partial charge in [0.2, 0.25) is 21.7 Å². The van der Waals surface area contributed by atoms with Crippen molar-refractivity contribution in [3.63, 3.8) is 0 Å². The zero-order valence-corrected chi connectivity index (χ0v) is 15.1. The summed E-state index contributed by atoms with van der Waals surface area (Å²) in [6.07, 6.45) is 0. The Labute approximate surface area is 148 Å². The third-order valence-corrected chi connectivity index (χ3v) is 5.57. The molecule has 0 saturated heterocycles. The van der Waals surface area contributed by atoms with Crippen molar-refractivity contribution in [3.8, 4) is 22.2 Å². The number of nitrogens with one attached hydrogen (secondary N) is 1. The van der Waals surface area contributed by atoms with Crippen LogP contribution >= 0.6 is 11.3 Å². The van der Waals surface area contributed by atoms with Crippen LogP contribution in [-0.4, -0.2) is 32.8 Å². The van der Waals surface area contributed by atoms with Crippen molar-refractivity contribution in [2.45, 2.75) is 11.4 Å². The standard InChI is InChI=1S/C15H15N3O5S2/c1-21-10-5-6-11(22-2)13(8-10)25(19,20)16-9-14-17-15(18-23-14)12-4-3-7-24-12/h3-8,16H,9H2,1-2H3. The summed E-state index contributed by atoms with van der Waals surface area (Å²) < 4.78 is 42.8. The molecule has 3 rings (SSSR count). The van der Waals surface area contributed by atoms with Gasteiger partial charge in [0, 0.05) is 6.07 Å². The Bertz CT molecular complexity index is 951. The van der Waals surface area contributed by atoms with E-state index in [2.05, 4.69) is 14.9 Å². The molecule has 0 fully saturated rings. The first-order valence-corrected chi connectivity index (χ1v) is 9.48. The smallest absolute Gasteiger partial charge is 0.244 e. The molecule has 1 aromatic carbocycles. The van der Waals surface area contributed by atoms with E-state index in [9.17, 15) is 8.42 Å². The first-order valence-electron chi connectivity index (χ1n) is 7.11. The Morgan fingerprint density at radius 3 is 2.76 bits per heavy atom. The molecule has 0 bridgehead atoms. The number of ether oxygens (including phenoxy) is 2. The molecule has 1 N–H and O–H groups in total. The number of sulfonamides is 1. The lowest BCUT2D eigenvalue weighted by Gasteiger charge is -2.11.